The normalized spacial score (nSPS) is 19.2. The first-order valence-electron chi connectivity index (χ1n) is 5.53. The van der Waals surface area contributed by atoms with Gasteiger partial charge in [-0.25, -0.2) is 0 Å². The summed E-state index contributed by atoms with van der Waals surface area (Å²) in [6.45, 7) is 5.12. The zero-order valence-corrected chi connectivity index (χ0v) is 10.9. The maximum absolute atomic E-state index is 12.0. The minimum absolute atomic E-state index is 0. The van der Waals surface area contributed by atoms with Crippen LogP contribution in [0.4, 0.5) is 0 Å². The monoisotopic (exact) mass is 259 g/mol. The Labute approximate surface area is 107 Å². The zero-order chi connectivity index (χ0) is 11.7. The molecule has 0 aromatic carbocycles. The molecule has 2 heterocycles. The number of rotatable bonds is 2. The molecule has 2 N–H and O–H groups in total. The first kappa shape index (κ1) is 14.0. The first-order chi connectivity index (χ1) is 7.58. The number of hydrogen-bond donors (Lipinski definition) is 1. The highest BCUT2D eigenvalue weighted by molar-refractivity contribution is 5.85. The van der Waals surface area contributed by atoms with Crippen LogP contribution >= 0.6 is 12.4 Å². The van der Waals surface area contributed by atoms with Crippen LogP contribution in [-0.2, 0) is 11.2 Å². The second kappa shape index (κ2) is 5.51. The van der Waals surface area contributed by atoms with Crippen LogP contribution in [0, 0.1) is 13.8 Å². The molecule has 1 atom stereocenters. The number of hydrogen-bond acceptors (Lipinski definition) is 4. The van der Waals surface area contributed by atoms with E-state index < -0.39 is 0 Å². The Morgan fingerprint density at radius 3 is 2.76 bits per heavy atom. The fourth-order valence-corrected chi connectivity index (χ4v) is 2.03. The Balaban J connectivity index is 0.00000144. The Kier molecular flexibility index (Phi) is 4.54. The Morgan fingerprint density at radius 1 is 1.59 bits per heavy atom. The van der Waals surface area contributed by atoms with Crippen molar-refractivity contribution in [2.24, 2.45) is 5.73 Å². The van der Waals surface area contributed by atoms with Crippen molar-refractivity contribution in [2.75, 3.05) is 13.1 Å². The molecule has 6 heteroatoms. The molecule has 96 valence electrons. The van der Waals surface area contributed by atoms with E-state index in [0.717, 1.165) is 30.0 Å². The van der Waals surface area contributed by atoms with Crippen LogP contribution in [0.3, 0.4) is 0 Å². The lowest BCUT2D eigenvalue weighted by Crippen LogP contribution is -2.33. The molecular weight excluding hydrogens is 242 g/mol. The van der Waals surface area contributed by atoms with Crippen LogP contribution in [0.15, 0.2) is 4.52 Å². The summed E-state index contributed by atoms with van der Waals surface area (Å²) in [6, 6.07) is 0.133. The van der Waals surface area contributed by atoms with E-state index in [1.807, 2.05) is 18.7 Å². The van der Waals surface area contributed by atoms with Gasteiger partial charge in [-0.2, -0.15) is 0 Å². The number of carbonyl (C=O) groups is 1. The molecule has 0 spiro atoms. The van der Waals surface area contributed by atoms with Gasteiger partial charge < -0.3 is 15.2 Å². The van der Waals surface area contributed by atoms with E-state index >= 15 is 0 Å². The predicted octanol–water partition coefficient (Wildman–Crippen LogP) is 0.815. The molecule has 0 bridgehead atoms. The minimum Gasteiger partial charge on any atom is -0.361 e. The van der Waals surface area contributed by atoms with Crippen LogP contribution in [0.5, 0.6) is 0 Å². The maximum atomic E-state index is 12.0. The van der Waals surface area contributed by atoms with Crippen LogP contribution in [0.1, 0.15) is 23.4 Å². The van der Waals surface area contributed by atoms with Gasteiger partial charge in [0, 0.05) is 24.7 Å². The summed E-state index contributed by atoms with van der Waals surface area (Å²) in [6.07, 6.45) is 1.27. The molecule has 1 amide bonds. The summed E-state index contributed by atoms with van der Waals surface area (Å²) in [4.78, 5) is 13.8. The third kappa shape index (κ3) is 2.98. The smallest absolute Gasteiger partial charge is 0.227 e. The number of halogens is 1. The van der Waals surface area contributed by atoms with E-state index in [4.69, 9.17) is 10.3 Å². The quantitative estimate of drug-likeness (QED) is 0.853. The minimum atomic E-state index is 0. The zero-order valence-electron chi connectivity index (χ0n) is 10.1. The van der Waals surface area contributed by atoms with Crippen molar-refractivity contribution >= 4 is 18.3 Å². The molecule has 0 aliphatic carbocycles. The SMILES string of the molecule is Cc1noc(C)c1CC(=O)N1CC[C@@H](N)C1.Cl. The molecule has 1 fully saturated rings. The van der Waals surface area contributed by atoms with Crippen molar-refractivity contribution < 1.29 is 9.32 Å². The predicted molar refractivity (Wildman–Crippen MR) is 66.1 cm³/mol. The van der Waals surface area contributed by atoms with E-state index in [1.165, 1.54) is 0 Å². The second-order valence-electron chi connectivity index (χ2n) is 4.37. The van der Waals surface area contributed by atoms with Crippen molar-refractivity contribution in [1.82, 2.24) is 10.1 Å². The largest absolute Gasteiger partial charge is 0.361 e. The van der Waals surface area contributed by atoms with Crippen molar-refractivity contribution in [3.63, 3.8) is 0 Å². The molecule has 1 aliphatic heterocycles. The van der Waals surface area contributed by atoms with E-state index in [0.29, 0.717) is 13.0 Å². The number of aromatic nitrogens is 1. The average molecular weight is 260 g/mol. The van der Waals surface area contributed by atoms with Crippen LogP contribution < -0.4 is 5.73 Å². The molecule has 0 unspecified atom stereocenters. The van der Waals surface area contributed by atoms with Gasteiger partial charge in [0.25, 0.3) is 0 Å². The van der Waals surface area contributed by atoms with Gasteiger partial charge in [-0.15, -0.1) is 12.4 Å². The van der Waals surface area contributed by atoms with Crippen molar-refractivity contribution in [3.8, 4) is 0 Å². The summed E-state index contributed by atoms with van der Waals surface area (Å²) in [7, 11) is 0. The maximum Gasteiger partial charge on any atom is 0.227 e. The lowest BCUT2D eigenvalue weighted by atomic mass is 10.1. The lowest BCUT2D eigenvalue weighted by molar-refractivity contribution is -0.129. The van der Waals surface area contributed by atoms with E-state index in [9.17, 15) is 4.79 Å². The summed E-state index contributed by atoms with van der Waals surface area (Å²) < 4.78 is 5.03. The summed E-state index contributed by atoms with van der Waals surface area (Å²) >= 11 is 0. The third-order valence-electron chi connectivity index (χ3n) is 3.09. The summed E-state index contributed by atoms with van der Waals surface area (Å²) in [5.41, 5.74) is 7.48. The molecule has 1 aliphatic rings. The molecule has 1 aromatic heterocycles. The van der Waals surface area contributed by atoms with Gasteiger partial charge in [-0.05, 0) is 20.3 Å². The topological polar surface area (TPSA) is 72.4 Å². The third-order valence-corrected chi connectivity index (χ3v) is 3.09. The van der Waals surface area contributed by atoms with Gasteiger partial charge in [0.05, 0.1) is 12.1 Å². The molecule has 17 heavy (non-hydrogen) atoms. The fraction of sp³-hybridized carbons (Fsp3) is 0.636. The number of likely N-dealkylation sites (tertiary alicyclic amines) is 1. The van der Waals surface area contributed by atoms with Gasteiger partial charge in [0.15, 0.2) is 0 Å². The number of amides is 1. The molecule has 2 rings (SSSR count). The Bertz CT molecular complexity index is 386. The number of aryl methyl sites for hydroxylation is 2. The standard InChI is InChI=1S/C11H17N3O2.ClH/c1-7-10(8(2)16-13-7)5-11(15)14-4-3-9(12)6-14;/h9H,3-6,12H2,1-2H3;1H/t9-;/m1./s1. The van der Waals surface area contributed by atoms with Gasteiger partial charge in [-0.3, -0.25) is 4.79 Å². The Morgan fingerprint density at radius 2 is 2.29 bits per heavy atom. The van der Waals surface area contributed by atoms with Crippen LogP contribution in [0.25, 0.3) is 0 Å². The van der Waals surface area contributed by atoms with Crippen molar-refractivity contribution in [3.05, 3.63) is 17.0 Å². The fourth-order valence-electron chi connectivity index (χ4n) is 2.03. The number of nitrogens with zero attached hydrogens (tertiary/aromatic N) is 2. The van der Waals surface area contributed by atoms with Crippen molar-refractivity contribution in [2.45, 2.75) is 32.7 Å². The molecule has 0 radical (unpaired) electrons. The molecular formula is C11H18ClN3O2. The summed E-state index contributed by atoms with van der Waals surface area (Å²) in [5, 5.41) is 3.84. The van der Waals surface area contributed by atoms with E-state index in [1.54, 1.807) is 0 Å². The van der Waals surface area contributed by atoms with Gasteiger partial charge >= 0.3 is 0 Å². The number of carbonyl (C=O) groups excluding carboxylic acids is 1. The first-order valence-corrected chi connectivity index (χ1v) is 5.53. The average Bonchev–Trinajstić information content (AvgIpc) is 2.79. The number of nitrogens with two attached hydrogens (primary N) is 1. The van der Waals surface area contributed by atoms with E-state index in [2.05, 4.69) is 5.16 Å². The Hall–Kier alpha value is -1.07. The van der Waals surface area contributed by atoms with Gasteiger partial charge in [0.1, 0.15) is 5.76 Å². The van der Waals surface area contributed by atoms with Crippen molar-refractivity contribution in [1.29, 1.82) is 0 Å². The summed E-state index contributed by atoms with van der Waals surface area (Å²) in [5.74, 6) is 0.844. The lowest BCUT2D eigenvalue weighted by Gasteiger charge is -2.15. The molecule has 1 aromatic rings. The van der Waals surface area contributed by atoms with Gasteiger partial charge in [0.2, 0.25) is 5.91 Å². The van der Waals surface area contributed by atoms with Crippen LogP contribution in [0.2, 0.25) is 0 Å². The second-order valence-corrected chi connectivity index (χ2v) is 4.37. The van der Waals surface area contributed by atoms with E-state index in [-0.39, 0.29) is 24.4 Å². The highest BCUT2D eigenvalue weighted by Gasteiger charge is 2.25. The van der Waals surface area contributed by atoms with Crippen LogP contribution in [-0.4, -0.2) is 35.1 Å². The molecule has 0 saturated carbocycles. The molecule has 5 nitrogen and oxygen atoms in total. The highest BCUT2D eigenvalue weighted by atomic mass is 35.5. The molecule has 1 saturated heterocycles. The highest BCUT2D eigenvalue weighted by Crippen LogP contribution is 2.16. The van der Waals surface area contributed by atoms with Gasteiger partial charge in [-0.1, -0.05) is 5.16 Å².